The molecule has 0 aliphatic carbocycles. The van der Waals surface area contributed by atoms with E-state index in [9.17, 15) is 4.79 Å². The van der Waals surface area contributed by atoms with E-state index in [0.29, 0.717) is 13.2 Å². The van der Waals surface area contributed by atoms with E-state index in [1.807, 2.05) is 44.3 Å². The highest BCUT2D eigenvalue weighted by molar-refractivity contribution is 5.84. The number of para-hydroxylation sites is 1. The zero-order valence-electron chi connectivity index (χ0n) is 14.9. The van der Waals surface area contributed by atoms with E-state index in [-0.39, 0.29) is 5.91 Å². The summed E-state index contributed by atoms with van der Waals surface area (Å²) in [6.45, 7) is 6.61. The number of amides is 1. The maximum absolute atomic E-state index is 12.9. The van der Waals surface area contributed by atoms with Gasteiger partial charge in [0, 0.05) is 12.4 Å². The van der Waals surface area contributed by atoms with Crippen molar-refractivity contribution in [3.63, 3.8) is 0 Å². The van der Waals surface area contributed by atoms with Gasteiger partial charge in [0.25, 0.3) is 0 Å². The number of carbonyl (C=O) groups excluding carboxylic acids is 1. The van der Waals surface area contributed by atoms with Gasteiger partial charge in [0.15, 0.2) is 0 Å². The van der Waals surface area contributed by atoms with Crippen molar-refractivity contribution in [3.05, 3.63) is 47.8 Å². The lowest BCUT2D eigenvalue weighted by atomic mass is 9.87. The van der Waals surface area contributed by atoms with Gasteiger partial charge in [0.1, 0.15) is 17.9 Å². The maximum atomic E-state index is 12.9. The third kappa shape index (κ3) is 3.69. The summed E-state index contributed by atoms with van der Waals surface area (Å²) in [6.07, 6.45) is 5.07. The standard InChI is InChI=1S/C19H26N4O2/c1-15-5-3-6-16(2)17(15)25-14-12-21-18(24)19(7-10-20-11-8-19)23-13-4-9-22-23/h3-6,9,13,20H,7-8,10-12,14H2,1-2H3,(H,21,24). The third-order valence-electron chi connectivity index (χ3n) is 4.84. The van der Waals surface area contributed by atoms with Gasteiger partial charge >= 0.3 is 0 Å². The maximum Gasteiger partial charge on any atom is 0.248 e. The first-order chi connectivity index (χ1) is 12.1. The van der Waals surface area contributed by atoms with E-state index < -0.39 is 5.54 Å². The smallest absolute Gasteiger partial charge is 0.248 e. The van der Waals surface area contributed by atoms with Crippen molar-refractivity contribution in [2.45, 2.75) is 32.2 Å². The molecule has 6 heteroatoms. The summed E-state index contributed by atoms with van der Waals surface area (Å²) in [6, 6.07) is 7.94. The molecule has 134 valence electrons. The number of hydrogen-bond donors (Lipinski definition) is 2. The van der Waals surface area contributed by atoms with Crippen molar-refractivity contribution < 1.29 is 9.53 Å². The second-order valence-electron chi connectivity index (χ2n) is 6.56. The van der Waals surface area contributed by atoms with Crippen molar-refractivity contribution in [3.8, 4) is 5.75 Å². The fourth-order valence-electron chi connectivity index (χ4n) is 3.43. The Morgan fingerprint density at radius 1 is 1.28 bits per heavy atom. The highest BCUT2D eigenvalue weighted by atomic mass is 16.5. The summed E-state index contributed by atoms with van der Waals surface area (Å²) in [5.74, 6) is 0.920. The van der Waals surface area contributed by atoms with E-state index in [1.54, 1.807) is 10.9 Å². The predicted octanol–water partition coefficient (Wildman–Crippen LogP) is 1.77. The minimum atomic E-state index is -0.604. The Hall–Kier alpha value is -2.34. The van der Waals surface area contributed by atoms with Crippen LogP contribution in [0.15, 0.2) is 36.7 Å². The number of rotatable bonds is 6. The molecule has 3 rings (SSSR count). The van der Waals surface area contributed by atoms with Crippen molar-refractivity contribution in [1.82, 2.24) is 20.4 Å². The molecule has 1 fully saturated rings. The fraction of sp³-hybridized carbons (Fsp3) is 0.474. The number of aryl methyl sites for hydroxylation is 2. The molecule has 2 N–H and O–H groups in total. The monoisotopic (exact) mass is 342 g/mol. The Labute approximate surface area is 148 Å². The molecule has 0 unspecified atom stereocenters. The number of carbonyl (C=O) groups is 1. The van der Waals surface area contributed by atoms with Crippen LogP contribution in [0.3, 0.4) is 0 Å². The van der Waals surface area contributed by atoms with Crippen LogP contribution in [0.1, 0.15) is 24.0 Å². The molecule has 1 aliphatic heterocycles. The van der Waals surface area contributed by atoms with Crippen molar-refractivity contribution in [2.75, 3.05) is 26.2 Å². The van der Waals surface area contributed by atoms with Gasteiger partial charge in [-0.05, 0) is 57.0 Å². The highest BCUT2D eigenvalue weighted by Gasteiger charge is 2.41. The number of hydrogen-bond acceptors (Lipinski definition) is 4. The van der Waals surface area contributed by atoms with Crippen LogP contribution in [0, 0.1) is 13.8 Å². The average molecular weight is 342 g/mol. The normalized spacial score (nSPS) is 16.4. The molecule has 0 saturated carbocycles. The van der Waals surface area contributed by atoms with Crippen LogP contribution in [0.25, 0.3) is 0 Å². The summed E-state index contributed by atoms with van der Waals surface area (Å²) >= 11 is 0. The zero-order chi connectivity index (χ0) is 17.7. The summed E-state index contributed by atoms with van der Waals surface area (Å²) in [7, 11) is 0. The molecular formula is C19H26N4O2. The molecule has 1 saturated heterocycles. The molecule has 0 radical (unpaired) electrons. The van der Waals surface area contributed by atoms with Gasteiger partial charge in [0.05, 0.1) is 6.54 Å². The first kappa shape index (κ1) is 17.5. The fourth-order valence-corrected chi connectivity index (χ4v) is 3.43. The lowest BCUT2D eigenvalue weighted by Gasteiger charge is -2.36. The summed E-state index contributed by atoms with van der Waals surface area (Å²) in [5, 5.41) is 10.7. The third-order valence-corrected chi connectivity index (χ3v) is 4.84. The highest BCUT2D eigenvalue weighted by Crippen LogP contribution is 2.27. The molecule has 1 aromatic heterocycles. The van der Waals surface area contributed by atoms with E-state index >= 15 is 0 Å². The number of nitrogens with one attached hydrogen (secondary N) is 2. The van der Waals surface area contributed by atoms with Crippen LogP contribution in [0.2, 0.25) is 0 Å². The van der Waals surface area contributed by atoms with Crippen molar-refractivity contribution >= 4 is 5.91 Å². The zero-order valence-corrected chi connectivity index (χ0v) is 14.9. The topological polar surface area (TPSA) is 68.2 Å². The first-order valence-electron chi connectivity index (χ1n) is 8.82. The van der Waals surface area contributed by atoms with E-state index in [2.05, 4.69) is 15.7 Å². The summed E-state index contributed by atoms with van der Waals surface area (Å²) in [4.78, 5) is 12.9. The molecule has 6 nitrogen and oxygen atoms in total. The van der Waals surface area contributed by atoms with Crippen LogP contribution in [-0.2, 0) is 10.3 Å². The van der Waals surface area contributed by atoms with Gasteiger partial charge in [-0.3, -0.25) is 9.48 Å². The first-order valence-corrected chi connectivity index (χ1v) is 8.82. The average Bonchev–Trinajstić information content (AvgIpc) is 3.16. The molecule has 0 spiro atoms. The second kappa shape index (κ2) is 7.70. The lowest BCUT2D eigenvalue weighted by molar-refractivity contribution is -0.132. The number of ether oxygens (including phenoxy) is 1. The second-order valence-corrected chi connectivity index (χ2v) is 6.56. The van der Waals surface area contributed by atoms with E-state index in [4.69, 9.17) is 4.74 Å². The Balaban J connectivity index is 1.59. The van der Waals surface area contributed by atoms with Gasteiger partial charge in [-0.1, -0.05) is 18.2 Å². The van der Waals surface area contributed by atoms with Crippen LogP contribution in [0.5, 0.6) is 5.75 Å². The molecule has 1 aromatic carbocycles. The van der Waals surface area contributed by atoms with Crippen molar-refractivity contribution in [1.29, 1.82) is 0 Å². The molecule has 0 atom stereocenters. The molecule has 2 heterocycles. The van der Waals surface area contributed by atoms with Gasteiger partial charge < -0.3 is 15.4 Å². The Bertz CT molecular complexity index is 686. The quantitative estimate of drug-likeness (QED) is 0.785. The molecule has 1 aliphatic rings. The van der Waals surface area contributed by atoms with Gasteiger partial charge in [-0.2, -0.15) is 5.10 Å². The minimum Gasteiger partial charge on any atom is -0.491 e. The largest absolute Gasteiger partial charge is 0.491 e. The van der Waals surface area contributed by atoms with Crippen LogP contribution in [-0.4, -0.2) is 41.9 Å². The minimum absolute atomic E-state index is 0.0165. The van der Waals surface area contributed by atoms with Crippen LogP contribution in [0.4, 0.5) is 0 Å². The van der Waals surface area contributed by atoms with Crippen LogP contribution >= 0.6 is 0 Å². The molecule has 1 amide bonds. The number of nitrogens with zero attached hydrogens (tertiary/aromatic N) is 2. The van der Waals surface area contributed by atoms with Crippen LogP contribution < -0.4 is 15.4 Å². The summed E-state index contributed by atoms with van der Waals surface area (Å²) < 4.78 is 7.68. The number of benzene rings is 1. The van der Waals surface area contributed by atoms with Gasteiger partial charge in [0.2, 0.25) is 5.91 Å². The Morgan fingerprint density at radius 2 is 2.00 bits per heavy atom. The van der Waals surface area contributed by atoms with Gasteiger partial charge in [-0.15, -0.1) is 0 Å². The SMILES string of the molecule is Cc1cccc(C)c1OCCNC(=O)C1(n2cccn2)CCNCC1. The van der Waals surface area contributed by atoms with E-state index in [1.165, 1.54) is 0 Å². The number of aromatic nitrogens is 2. The van der Waals surface area contributed by atoms with Gasteiger partial charge in [-0.25, -0.2) is 0 Å². The molecule has 25 heavy (non-hydrogen) atoms. The summed E-state index contributed by atoms with van der Waals surface area (Å²) in [5.41, 5.74) is 1.61. The number of piperidine rings is 1. The Morgan fingerprint density at radius 3 is 2.64 bits per heavy atom. The van der Waals surface area contributed by atoms with E-state index in [0.717, 1.165) is 42.8 Å². The predicted molar refractivity (Wildman–Crippen MR) is 96.7 cm³/mol. The molecular weight excluding hydrogens is 316 g/mol. The molecule has 2 aromatic rings. The lowest BCUT2D eigenvalue weighted by Crippen LogP contribution is -2.55. The van der Waals surface area contributed by atoms with Crippen molar-refractivity contribution in [2.24, 2.45) is 0 Å². The Kier molecular flexibility index (Phi) is 5.38. The molecule has 0 bridgehead atoms.